The van der Waals surface area contributed by atoms with Crippen LogP contribution in [0.3, 0.4) is 0 Å². The van der Waals surface area contributed by atoms with E-state index >= 15 is 0 Å². The molecule has 1 saturated heterocycles. The average molecular weight is 348 g/mol. The molecule has 0 radical (unpaired) electrons. The van der Waals surface area contributed by atoms with E-state index in [1.165, 1.54) is 5.56 Å². The quantitative estimate of drug-likeness (QED) is 0.773. The summed E-state index contributed by atoms with van der Waals surface area (Å²) in [5.41, 5.74) is 1.32. The first-order chi connectivity index (χ1) is 11.7. The first-order valence-corrected chi connectivity index (χ1v) is 8.69. The normalized spacial score (nSPS) is 17.7. The van der Waals surface area contributed by atoms with Crippen molar-refractivity contribution in [1.29, 1.82) is 0 Å². The molecule has 2 heterocycles. The Kier molecular flexibility index (Phi) is 5.78. The number of aliphatic hydroxyl groups excluding tert-OH is 1. The monoisotopic (exact) mass is 348 g/mol. The van der Waals surface area contributed by atoms with E-state index in [2.05, 4.69) is 34.3 Å². The second-order valence-corrected chi connectivity index (χ2v) is 6.49. The van der Waals surface area contributed by atoms with Gasteiger partial charge in [0.15, 0.2) is 10.6 Å². The Morgan fingerprint density at radius 1 is 1.38 bits per heavy atom. The second kappa shape index (κ2) is 8.02. The Labute approximate surface area is 147 Å². The van der Waals surface area contributed by atoms with E-state index in [4.69, 9.17) is 17.0 Å². The number of nitrogens with zero attached hydrogens (tertiary/aromatic N) is 4. The maximum atomic E-state index is 9.38. The molecule has 0 saturated carbocycles. The van der Waals surface area contributed by atoms with Gasteiger partial charge < -0.3 is 14.4 Å². The van der Waals surface area contributed by atoms with Crippen LogP contribution in [-0.2, 0) is 31.5 Å². The van der Waals surface area contributed by atoms with Crippen molar-refractivity contribution in [1.82, 2.24) is 19.2 Å². The largest absolute Gasteiger partial charge is 0.388 e. The lowest BCUT2D eigenvalue weighted by Gasteiger charge is -2.27. The molecule has 1 fully saturated rings. The SMILES string of the molecule is Cn1c(CO)nn(CN(CCc2ccccc2)C2CCOC2)c1=S. The Balaban J connectivity index is 1.74. The van der Waals surface area contributed by atoms with Gasteiger partial charge in [0.25, 0.3) is 0 Å². The van der Waals surface area contributed by atoms with Gasteiger partial charge in [-0.2, -0.15) is 5.10 Å². The van der Waals surface area contributed by atoms with Gasteiger partial charge in [0.05, 0.1) is 13.3 Å². The lowest BCUT2D eigenvalue weighted by molar-refractivity contribution is 0.115. The van der Waals surface area contributed by atoms with Crippen LogP contribution in [0.15, 0.2) is 30.3 Å². The number of aliphatic hydroxyl groups is 1. The zero-order valence-electron chi connectivity index (χ0n) is 14.0. The fourth-order valence-electron chi connectivity index (χ4n) is 3.03. The molecular weight excluding hydrogens is 324 g/mol. The van der Waals surface area contributed by atoms with E-state index in [9.17, 15) is 5.11 Å². The molecule has 1 aliphatic heterocycles. The smallest absolute Gasteiger partial charge is 0.198 e. The van der Waals surface area contributed by atoms with Crippen molar-refractivity contribution < 1.29 is 9.84 Å². The van der Waals surface area contributed by atoms with Gasteiger partial charge >= 0.3 is 0 Å². The predicted molar refractivity (Wildman–Crippen MR) is 94.0 cm³/mol. The molecule has 130 valence electrons. The second-order valence-electron chi connectivity index (χ2n) is 6.12. The van der Waals surface area contributed by atoms with Crippen LogP contribution in [0, 0.1) is 4.77 Å². The van der Waals surface area contributed by atoms with Gasteiger partial charge in [0.2, 0.25) is 0 Å². The summed E-state index contributed by atoms with van der Waals surface area (Å²) in [7, 11) is 1.84. The van der Waals surface area contributed by atoms with Crippen molar-refractivity contribution in [2.45, 2.75) is 32.2 Å². The molecule has 1 atom stereocenters. The van der Waals surface area contributed by atoms with Crippen LogP contribution in [0.25, 0.3) is 0 Å². The predicted octanol–water partition coefficient (Wildman–Crippen LogP) is 1.73. The highest BCUT2D eigenvalue weighted by molar-refractivity contribution is 7.71. The number of hydrogen-bond acceptors (Lipinski definition) is 5. The molecule has 1 aromatic heterocycles. The standard InChI is InChI=1S/C17H24N4O2S/c1-19-16(11-22)18-21(17(19)24)13-20(15-8-10-23-12-15)9-7-14-5-3-2-4-6-14/h2-6,15,22H,7-13H2,1H3. The van der Waals surface area contributed by atoms with Crippen LogP contribution in [0.4, 0.5) is 0 Å². The molecule has 24 heavy (non-hydrogen) atoms. The summed E-state index contributed by atoms with van der Waals surface area (Å²) in [5, 5.41) is 13.8. The molecule has 1 unspecified atom stereocenters. The molecular formula is C17H24N4O2S. The Bertz CT molecular complexity index is 707. The highest BCUT2D eigenvalue weighted by Crippen LogP contribution is 2.15. The Morgan fingerprint density at radius 3 is 2.79 bits per heavy atom. The third-order valence-corrected chi connectivity index (χ3v) is 5.03. The minimum absolute atomic E-state index is 0.107. The zero-order valence-corrected chi connectivity index (χ0v) is 14.8. The Morgan fingerprint density at radius 2 is 2.17 bits per heavy atom. The third-order valence-electron chi connectivity index (χ3n) is 4.54. The minimum atomic E-state index is -0.107. The highest BCUT2D eigenvalue weighted by atomic mass is 32.1. The first-order valence-electron chi connectivity index (χ1n) is 8.28. The summed E-state index contributed by atoms with van der Waals surface area (Å²) in [6.45, 7) is 2.99. The van der Waals surface area contributed by atoms with Crippen molar-refractivity contribution in [2.24, 2.45) is 7.05 Å². The molecule has 1 aromatic carbocycles. The molecule has 1 N–H and O–H groups in total. The topological polar surface area (TPSA) is 55.5 Å². The number of rotatable bonds is 7. The lowest BCUT2D eigenvalue weighted by atomic mass is 10.1. The molecule has 0 amide bonds. The molecule has 1 aliphatic rings. The van der Waals surface area contributed by atoms with Crippen molar-refractivity contribution in [3.05, 3.63) is 46.5 Å². The van der Waals surface area contributed by atoms with Crippen LogP contribution < -0.4 is 0 Å². The van der Waals surface area contributed by atoms with Crippen LogP contribution in [-0.4, -0.2) is 50.2 Å². The van der Waals surface area contributed by atoms with E-state index in [0.29, 0.717) is 23.3 Å². The maximum Gasteiger partial charge on any atom is 0.198 e. The van der Waals surface area contributed by atoms with E-state index in [1.54, 1.807) is 9.25 Å². The minimum Gasteiger partial charge on any atom is -0.388 e. The number of ether oxygens (including phenoxy) is 1. The number of benzene rings is 1. The van der Waals surface area contributed by atoms with Crippen LogP contribution in [0.2, 0.25) is 0 Å². The van der Waals surface area contributed by atoms with E-state index < -0.39 is 0 Å². The highest BCUT2D eigenvalue weighted by Gasteiger charge is 2.24. The van der Waals surface area contributed by atoms with Crippen molar-refractivity contribution >= 4 is 12.2 Å². The summed E-state index contributed by atoms with van der Waals surface area (Å²) in [4.78, 5) is 2.38. The number of aromatic nitrogens is 3. The van der Waals surface area contributed by atoms with E-state index in [0.717, 1.165) is 32.6 Å². The summed E-state index contributed by atoms with van der Waals surface area (Å²) in [6.07, 6.45) is 2.01. The zero-order chi connectivity index (χ0) is 16.9. The fourth-order valence-corrected chi connectivity index (χ4v) is 3.23. The summed E-state index contributed by atoms with van der Waals surface area (Å²) in [5.74, 6) is 0.589. The lowest BCUT2D eigenvalue weighted by Crippen LogP contribution is -2.39. The van der Waals surface area contributed by atoms with E-state index in [1.807, 2.05) is 13.1 Å². The third kappa shape index (κ3) is 3.92. The molecule has 0 bridgehead atoms. The van der Waals surface area contributed by atoms with Gasteiger partial charge in [-0.25, -0.2) is 4.68 Å². The molecule has 2 aromatic rings. The van der Waals surface area contributed by atoms with Crippen LogP contribution in [0.1, 0.15) is 17.8 Å². The average Bonchev–Trinajstić information content (AvgIpc) is 3.23. The summed E-state index contributed by atoms with van der Waals surface area (Å²) >= 11 is 5.45. The van der Waals surface area contributed by atoms with Crippen LogP contribution >= 0.6 is 12.2 Å². The van der Waals surface area contributed by atoms with Crippen molar-refractivity contribution in [2.75, 3.05) is 19.8 Å². The van der Waals surface area contributed by atoms with Gasteiger partial charge in [0.1, 0.15) is 6.61 Å². The Hall–Kier alpha value is -1.54. The first kappa shape index (κ1) is 17.3. The van der Waals surface area contributed by atoms with Gasteiger partial charge in [-0.3, -0.25) is 4.90 Å². The van der Waals surface area contributed by atoms with Gasteiger partial charge in [0, 0.05) is 26.2 Å². The van der Waals surface area contributed by atoms with Crippen molar-refractivity contribution in [3.63, 3.8) is 0 Å². The molecule has 7 heteroatoms. The molecule has 6 nitrogen and oxygen atoms in total. The summed E-state index contributed by atoms with van der Waals surface area (Å²) in [6, 6.07) is 10.9. The van der Waals surface area contributed by atoms with Gasteiger partial charge in [-0.15, -0.1) is 0 Å². The molecule has 0 aliphatic carbocycles. The van der Waals surface area contributed by atoms with Crippen LogP contribution in [0.5, 0.6) is 0 Å². The fraction of sp³-hybridized carbons (Fsp3) is 0.529. The summed E-state index contributed by atoms with van der Waals surface area (Å²) < 4.78 is 9.75. The van der Waals surface area contributed by atoms with Gasteiger partial charge in [-0.05, 0) is 30.6 Å². The molecule has 3 rings (SSSR count). The molecule has 0 spiro atoms. The van der Waals surface area contributed by atoms with E-state index in [-0.39, 0.29) is 6.61 Å². The van der Waals surface area contributed by atoms with Gasteiger partial charge in [-0.1, -0.05) is 30.3 Å². The number of hydrogen-bond donors (Lipinski definition) is 1. The maximum absolute atomic E-state index is 9.38. The van der Waals surface area contributed by atoms with Crippen molar-refractivity contribution in [3.8, 4) is 0 Å².